The Labute approximate surface area is 219 Å². The Kier molecular flexibility index (Phi) is 8.71. The van der Waals surface area contributed by atoms with E-state index in [4.69, 9.17) is 23.2 Å². The van der Waals surface area contributed by atoms with Crippen molar-refractivity contribution in [3.8, 4) is 0 Å². The maximum absolute atomic E-state index is 12.6. The molecule has 4 aromatic rings. The number of halogens is 2. The number of amides is 2. The highest BCUT2D eigenvalue weighted by molar-refractivity contribution is 6.34. The van der Waals surface area contributed by atoms with Gasteiger partial charge in [0.15, 0.2) is 0 Å². The van der Waals surface area contributed by atoms with Gasteiger partial charge in [-0.15, -0.1) is 0 Å². The Morgan fingerprint density at radius 3 is 1.11 bits per heavy atom. The number of rotatable bonds is 8. The standard InChI is InChI=1S/C28H24Cl2N4O2/c29-23-15-11-21(12-16-23)25(19-7-3-1-4-8-19)31-33-27(35)28(36)34-32-26(20-9-5-2-6-10-20)22-13-17-24(30)18-14-22/h1-18,25-26,31-32H,(H,33,35)(H,34,36)/t25-,26+. The Bertz CT molecular complexity index is 1180. The van der Waals surface area contributed by atoms with Crippen molar-refractivity contribution in [3.63, 3.8) is 0 Å². The topological polar surface area (TPSA) is 82.3 Å². The van der Waals surface area contributed by atoms with Crippen LogP contribution in [0.25, 0.3) is 0 Å². The number of carbonyl (C=O) groups is 2. The highest BCUT2D eigenvalue weighted by atomic mass is 35.5. The Balaban J connectivity index is 1.43. The molecule has 0 aliphatic heterocycles. The summed E-state index contributed by atoms with van der Waals surface area (Å²) in [5, 5.41) is 1.21. The van der Waals surface area contributed by atoms with Crippen LogP contribution in [-0.4, -0.2) is 11.8 Å². The molecule has 36 heavy (non-hydrogen) atoms. The Hall–Kier alpha value is -3.68. The summed E-state index contributed by atoms with van der Waals surface area (Å²) < 4.78 is 0. The van der Waals surface area contributed by atoms with E-state index >= 15 is 0 Å². The number of hydrazine groups is 2. The van der Waals surface area contributed by atoms with E-state index in [2.05, 4.69) is 21.7 Å². The van der Waals surface area contributed by atoms with Crippen molar-refractivity contribution in [3.05, 3.63) is 141 Å². The molecule has 0 radical (unpaired) electrons. The van der Waals surface area contributed by atoms with Crippen LogP contribution in [0.3, 0.4) is 0 Å². The third kappa shape index (κ3) is 6.71. The van der Waals surface area contributed by atoms with Crippen molar-refractivity contribution in [2.45, 2.75) is 12.1 Å². The molecule has 0 aromatic heterocycles. The predicted molar refractivity (Wildman–Crippen MR) is 142 cm³/mol. The second kappa shape index (κ2) is 12.3. The minimum absolute atomic E-state index is 0.390. The molecule has 182 valence electrons. The van der Waals surface area contributed by atoms with Crippen LogP contribution in [0.15, 0.2) is 109 Å². The van der Waals surface area contributed by atoms with Crippen molar-refractivity contribution in [1.82, 2.24) is 21.7 Å². The van der Waals surface area contributed by atoms with Gasteiger partial charge in [0.1, 0.15) is 0 Å². The van der Waals surface area contributed by atoms with Crippen LogP contribution < -0.4 is 21.7 Å². The zero-order chi connectivity index (χ0) is 25.3. The molecule has 0 saturated carbocycles. The number of benzene rings is 4. The van der Waals surface area contributed by atoms with Crippen LogP contribution in [-0.2, 0) is 9.59 Å². The zero-order valence-corrected chi connectivity index (χ0v) is 20.6. The molecule has 6 nitrogen and oxygen atoms in total. The van der Waals surface area contributed by atoms with Crippen LogP contribution in [0, 0.1) is 0 Å². The summed E-state index contributed by atoms with van der Waals surface area (Å²) in [5.74, 6) is -1.69. The van der Waals surface area contributed by atoms with Crippen molar-refractivity contribution in [2.75, 3.05) is 0 Å². The summed E-state index contributed by atoms with van der Waals surface area (Å²) in [4.78, 5) is 25.3. The smallest absolute Gasteiger partial charge is 0.282 e. The van der Waals surface area contributed by atoms with E-state index in [1.54, 1.807) is 24.3 Å². The van der Waals surface area contributed by atoms with Crippen LogP contribution in [0.1, 0.15) is 34.3 Å². The van der Waals surface area contributed by atoms with E-state index in [9.17, 15) is 9.59 Å². The second-order valence-electron chi connectivity index (χ2n) is 7.99. The maximum Gasteiger partial charge on any atom is 0.324 e. The lowest BCUT2D eigenvalue weighted by molar-refractivity contribution is -0.140. The normalized spacial score (nSPS) is 12.4. The van der Waals surface area contributed by atoms with E-state index in [1.807, 2.05) is 84.9 Å². The van der Waals surface area contributed by atoms with Gasteiger partial charge in [0.2, 0.25) is 0 Å². The number of hydrogen-bond acceptors (Lipinski definition) is 4. The van der Waals surface area contributed by atoms with Crippen LogP contribution in [0.4, 0.5) is 0 Å². The molecule has 0 saturated heterocycles. The molecule has 8 heteroatoms. The van der Waals surface area contributed by atoms with E-state index in [-0.39, 0.29) is 12.1 Å². The van der Waals surface area contributed by atoms with Crippen molar-refractivity contribution in [1.29, 1.82) is 0 Å². The lowest BCUT2D eigenvalue weighted by atomic mass is 9.99. The summed E-state index contributed by atoms with van der Waals surface area (Å²) in [6.45, 7) is 0. The van der Waals surface area contributed by atoms with E-state index in [0.29, 0.717) is 10.0 Å². The first-order valence-electron chi connectivity index (χ1n) is 11.2. The van der Waals surface area contributed by atoms with Crippen molar-refractivity contribution >= 4 is 35.0 Å². The minimum atomic E-state index is -0.847. The number of nitrogens with one attached hydrogen (secondary N) is 4. The molecular weight excluding hydrogens is 495 g/mol. The van der Waals surface area contributed by atoms with Gasteiger partial charge in [-0.05, 0) is 46.5 Å². The van der Waals surface area contributed by atoms with Gasteiger partial charge in [0.25, 0.3) is 0 Å². The van der Waals surface area contributed by atoms with Gasteiger partial charge in [-0.3, -0.25) is 20.4 Å². The minimum Gasteiger partial charge on any atom is -0.282 e. The lowest BCUT2D eigenvalue weighted by Gasteiger charge is -2.22. The van der Waals surface area contributed by atoms with Gasteiger partial charge in [-0.2, -0.15) is 0 Å². The van der Waals surface area contributed by atoms with Crippen LogP contribution >= 0.6 is 23.2 Å². The summed E-state index contributed by atoms with van der Waals surface area (Å²) in [7, 11) is 0. The van der Waals surface area contributed by atoms with Gasteiger partial charge in [0.05, 0.1) is 12.1 Å². The first kappa shape index (κ1) is 25.4. The zero-order valence-electron chi connectivity index (χ0n) is 19.1. The first-order valence-corrected chi connectivity index (χ1v) is 12.0. The SMILES string of the molecule is O=C(NN[C@H](c1ccccc1)c1ccc(Cl)cc1)C(=O)NN[C@@H](c1ccccc1)c1ccc(Cl)cc1. The fraction of sp³-hybridized carbons (Fsp3) is 0.0714. The molecule has 0 aliphatic rings. The lowest BCUT2D eigenvalue weighted by Crippen LogP contribution is -2.51. The van der Waals surface area contributed by atoms with Gasteiger partial charge >= 0.3 is 11.8 Å². The quantitative estimate of drug-likeness (QED) is 0.193. The molecule has 0 fully saturated rings. The summed E-state index contributed by atoms with van der Waals surface area (Å²) in [6.07, 6.45) is 0. The van der Waals surface area contributed by atoms with Gasteiger partial charge in [-0.1, -0.05) is 108 Å². The average molecular weight is 519 g/mol. The molecule has 0 bridgehead atoms. The van der Waals surface area contributed by atoms with E-state index in [1.165, 1.54) is 0 Å². The fourth-order valence-electron chi connectivity index (χ4n) is 3.71. The fourth-order valence-corrected chi connectivity index (χ4v) is 3.96. The summed E-state index contributed by atoms with van der Waals surface area (Å²) in [5.41, 5.74) is 14.5. The van der Waals surface area contributed by atoms with Crippen LogP contribution in [0.5, 0.6) is 0 Å². The Morgan fingerprint density at radius 2 is 0.778 bits per heavy atom. The molecular formula is C28H24Cl2N4O2. The molecule has 0 aliphatic carbocycles. The van der Waals surface area contributed by atoms with Crippen molar-refractivity contribution in [2.24, 2.45) is 0 Å². The molecule has 4 aromatic carbocycles. The molecule has 4 rings (SSSR count). The molecule has 0 heterocycles. The average Bonchev–Trinajstić information content (AvgIpc) is 2.92. The highest BCUT2D eigenvalue weighted by Crippen LogP contribution is 2.24. The number of carbonyl (C=O) groups excluding carboxylic acids is 2. The van der Waals surface area contributed by atoms with Crippen LogP contribution in [0.2, 0.25) is 10.0 Å². The second-order valence-corrected chi connectivity index (χ2v) is 8.86. The van der Waals surface area contributed by atoms with Gasteiger partial charge in [-0.25, -0.2) is 10.9 Å². The van der Waals surface area contributed by atoms with Gasteiger partial charge < -0.3 is 0 Å². The Morgan fingerprint density at radius 1 is 0.472 bits per heavy atom. The van der Waals surface area contributed by atoms with E-state index < -0.39 is 11.8 Å². The molecule has 0 spiro atoms. The summed E-state index contributed by atoms with van der Waals surface area (Å²) >= 11 is 12.1. The molecule has 2 atom stereocenters. The third-order valence-electron chi connectivity index (χ3n) is 5.54. The number of hydrogen-bond donors (Lipinski definition) is 4. The monoisotopic (exact) mass is 518 g/mol. The molecule has 2 amide bonds. The summed E-state index contributed by atoms with van der Waals surface area (Å²) in [6, 6.07) is 32.9. The van der Waals surface area contributed by atoms with Crippen molar-refractivity contribution < 1.29 is 9.59 Å². The molecule has 0 unspecified atom stereocenters. The third-order valence-corrected chi connectivity index (χ3v) is 6.04. The van der Waals surface area contributed by atoms with Gasteiger partial charge in [0, 0.05) is 10.0 Å². The maximum atomic E-state index is 12.6. The first-order chi connectivity index (χ1) is 17.5. The van der Waals surface area contributed by atoms with E-state index in [0.717, 1.165) is 22.3 Å². The molecule has 4 N–H and O–H groups in total. The largest absolute Gasteiger partial charge is 0.324 e. The highest BCUT2D eigenvalue weighted by Gasteiger charge is 2.20. The predicted octanol–water partition coefficient (Wildman–Crippen LogP) is 5.11.